The minimum Gasteiger partial charge on any atom is -0.358 e. The number of rotatable bonds is 2. The van der Waals surface area contributed by atoms with Crippen LogP contribution in [0.1, 0.15) is 60.3 Å². The van der Waals surface area contributed by atoms with Crippen molar-refractivity contribution in [3.63, 3.8) is 0 Å². The fraction of sp³-hybridized carbons (Fsp3) is 0.700. The Morgan fingerprint density at radius 2 is 2.00 bits per heavy atom. The standard InChI is InChI=1S/C10H16O2.C10H14O/c1-6(2)7-4-8(11)10(3)9(5-7)12-10;1-7(2)9-5-4-8(3)10(11)6-9/h6-7,9H,4-5H2,1-3H3;4,9H,1,5-6H2,2-3H3/t7-,9-,10+;9-/m01/s1. The molecule has 0 amide bonds. The van der Waals surface area contributed by atoms with E-state index in [1.54, 1.807) is 0 Å². The molecule has 3 heteroatoms. The van der Waals surface area contributed by atoms with Crippen LogP contribution in [0.2, 0.25) is 0 Å². The van der Waals surface area contributed by atoms with Gasteiger partial charge in [0.1, 0.15) is 5.60 Å². The molecule has 2 aliphatic carbocycles. The fourth-order valence-electron chi connectivity index (χ4n) is 3.36. The number of ketones is 2. The van der Waals surface area contributed by atoms with E-state index in [1.807, 2.05) is 26.8 Å². The van der Waals surface area contributed by atoms with Gasteiger partial charge in [-0.1, -0.05) is 32.1 Å². The van der Waals surface area contributed by atoms with E-state index in [9.17, 15) is 9.59 Å². The lowest BCUT2D eigenvalue weighted by atomic mass is 9.77. The Bertz CT molecular complexity index is 543. The van der Waals surface area contributed by atoms with E-state index in [0.29, 0.717) is 30.0 Å². The van der Waals surface area contributed by atoms with Crippen LogP contribution in [0.15, 0.2) is 23.8 Å². The van der Waals surface area contributed by atoms with Crippen LogP contribution in [0.4, 0.5) is 0 Å². The molecule has 0 bridgehead atoms. The number of Topliss-reactive ketones (excluding diaryl/α,β-unsaturated/α-hetero) is 2. The van der Waals surface area contributed by atoms with Gasteiger partial charge in [0, 0.05) is 12.8 Å². The maximum absolute atomic E-state index is 11.5. The molecule has 0 spiro atoms. The molecular weight excluding hydrogens is 288 g/mol. The first-order valence-corrected chi connectivity index (χ1v) is 8.71. The number of carbonyl (C=O) groups excluding carboxylic acids is 2. The van der Waals surface area contributed by atoms with Gasteiger partial charge in [0.15, 0.2) is 11.6 Å². The number of fused-ring (bicyclic) bond motifs is 1. The summed E-state index contributed by atoms with van der Waals surface area (Å²) in [6.07, 6.45) is 5.73. The minimum atomic E-state index is -0.370. The van der Waals surface area contributed by atoms with Crippen LogP contribution in [0.5, 0.6) is 0 Å². The Balaban J connectivity index is 0.000000168. The van der Waals surface area contributed by atoms with Crippen molar-refractivity contribution in [1.82, 2.24) is 0 Å². The smallest absolute Gasteiger partial charge is 0.167 e. The molecule has 3 rings (SSSR count). The van der Waals surface area contributed by atoms with E-state index in [4.69, 9.17) is 4.74 Å². The fourth-order valence-corrected chi connectivity index (χ4v) is 3.36. The van der Waals surface area contributed by atoms with Crippen LogP contribution in [0, 0.1) is 17.8 Å². The zero-order chi connectivity index (χ0) is 17.4. The molecule has 128 valence electrons. The van der Waals surface area contributed by atoms with E-state index < -0.39 is 0 Å². The van der Waals surface area contributed by atoms with Gasteiger partial charge in [-0.15, -0.1) is 0 Å². The van der Waals surface area contributed by atoms with Crippen LogP contribution in [-0.4, -0.2) is 23.3 Å². The van der Waals surface area contributed by atoms with E-state index in [1.165, 1.54) is 0 Å². The van der Waals surface area contributed by atoms with Gasteiger partial charge in [0.05, 0.1) is 6.10 Å². The number of carbonyl (C=O) groups is 2. The summed E-state index contributed by atoms with van der Waals surface area (Å²) in [5.74, 6) is 2.16. The molecule has 4 atom stereocenters. The largest absolute Gasteiger partial charge is 0.358 e. The molecule has 0 aromatic rings. The summed E-state index contributed by atoms with van der Waals surface area (Å²) in [6, 6.07) is 0. The van der Waals surface area contributed by atoms with Gasteiger partial charge >= 0.3 is 0 Å². The first-order valence-electron chi connectivity index (χ1n) is 8.71. The van der Waals surface area contributed by atoms with Crippen molar-refractivity contribution in [2.24, 2.45) is 17.8 Å². The SMILES string of the molecule is C=C(C)[C@@H]1CC=C(C)C(=O)C1.CC(C)[C@H]1CC(=O)[C@@]2(C)O[C@H]2C1. The third kappa shape index (κ3) is 4.00. The summed E-state index contributed by atoms with van der Waals surface area (Å²) in [5, 5.41) is 0. The molecule has 0 radical (unpaired) electrons. The molecule has 0 unspecified atom stereocenters. The first kappa shape index (κ1) is 18.1. The monoisotopic (exact) mass is 318 g/mol. The number of ether oxygens (including phenoxy) is 1. The molecule has 0 N–H and O–H groups in total. The maximum atomic E-state index is 11.5. The van der Waals surface area contributed by atoms with Crippen molar-refractivity contribution in [2.45, 2.75) is 72.0 Å². The second-order valence-electron chi connectivity index (χ2n) is 7.87. The van der Waals surface area contributed by atoms with Gasteiger partial charge in [0.2, 0.25) is 0 Å². The zero-order valence-corrected chi connectivity index (χ0v) is 15.1. The lowest BCUT2D eigenvalue weighted by Gasteiger charge is -2.24. The second kappa shape index (κ2) is 6.72. The topological polar surface area (TPSA) is 46.7 Å². The number of allylic oxidation sites excluding steroid dienone is 3. The minimum absolute atomic E-state index is 0.242. The predicted molar refractivity (Wildman–Crippen MR) is 92.1 cm³/mol. The third-order valence-corrected chi connectivity index (χ3v) is 5.68. The van der Waals surface area contributed by atoms with Crippen LogP contribution >= 0.6 is 0 Å². The Morgan fingerprint density at radius 3 is 2.48 bits per heavy atom. The van der Waals surface area contributed by atoms with Crippen LogP contribution in [0.25, 0.3) is 0 Å². The van der Waals surface area contributed by atoms with Gasteiger partial charge in [-0.05, 0) is 56.9 Å². The molecule has 23 heavy (non-hydrogen) atoms. The van der Waals surface area contributed by atoms with Gasteiger partial charge in [0.25, 0.3) is 0 Å². The Hall–Kier alpha value is -1.22. The quantitative estimate of drug-likeness (QED) is 0.564. The van der Waals surface area contributed by atoms with Crippen molar-refractivity contribution in [3.05, 3.63) is 23.8 Å². The third-order valence-electron chi connectivity index (χ3n) is 5.68. The highest BCUT2D eigenvalue weighted by Gasteiger charge is 2.61. The van der Waals surface area contributed by atoms with Crippen molar-refractivity contribution in [3.8, 4) is 0 Å². The second-order valence-corrected chi connectivity index (χ2v) is 7.87. The molecule has 1 heterocycles. The zero-order valence-electron chi connectivity index (χ0n) is 15.1. The van der Waals surface area contributed by atoms with Crippen LogP contribution < -0.4 is 0 Å². The summed E-state index contributed by atoms with van der Waals surface area (Å²) in [5.41, 5.74) is 1.68. The van der Waals surface area contributed by atoms with Crippen LogP contribution in [-0.2, 0) is 14.3 Å². The molecule has 1 aliphatic heterocycles. The predicted octanol–water partition coefficient (Wildman–Crippen LogP) is 4.27. The first-order chi connectivity index (χ1) is 10.6. The average Bonchev–Trinajstić information content (AvgIpc) is 3.15. The van der Waals surface area contributed by atoms with E-state index >= 15 is 0 Å². The lowest BCUT2D eigenvalue weighted by molar-refractivity contribution is -0.125. The van der Waals surface area contributed by atoms with Crippen molar-refractivity contribution in [1.29, 1.82) is 0 Å². The number of hydrogen-bond acceptors (Lipinski definition) is 3. The highest BCUT2D eigenvalue weighted by atomic mass is 16.6. The van der Waals surface area contributed by atoms with Crippen LogP contribution in [0.3, 0.4) is 0 Å². The molecule has 2 fully saturated rings. The molecule has 1 saturated carbocycles. The summed E-state index contributed by atoms with van der Waals surface area (Å²) in [6.45, 7) is 14.0. The van der Waals surface area contributed by atoms with Gasteiger partial charge in [-0.2, -0.15) is 0 Å². The summed E-state index contributed by atoms with van der Waals surface area (Å²) >= 11 is 0. The molecule has 1 saturated heterocycles. The van der Waals surface area contributed by atoms with Gasteiger partial charge in [-0.25, -0.2) is 0 Å². The van der Waals surface area contributed by atoms with Crippen molar-refractivity contribution < 1.29 is 14.3 Å². The molecule has 0 aromatic carbocycles. The Morgan fingerprint density at radius 1 is 1.35 bits per heavy atom. The van der Waals surface area contributed by atoms with E-state index in [0.717, 1.165) is 30.4 Å². The average molecular weight is 318 g/mol. The highest BCUT2D eigenvalue weighted by Crippen LogP contribution is 2.48. The van der Waals surface area contributed by atoms with Crippen molar-refractivity contribution >= 4 is 11.6 Å². The Labute approximate surface area is 140 Å². The summed E-state index contributed by atoms with van der Waals surface area (Å²) < 4.78 is 5.41. The molecule has 3 nitrogen and oxygen atoms in total. The normalized spacial score (nSPS) is 35.9. The maximum Gasteiger partial charge on any atom is 0.167 e. The Kier molecular flexibility index (Phi) is 5.30. The summed E-state index contributed by atoms with van der Waals surface area (Å²) in [7, 11) is 0. The highest BCUT2D eigenvalue weighted by molar-refractivity contribution is 5.95. The number of epoxide rings is 1. The van der Waals surface area contributed by atoms with Gasteiger partial charge in [-0.3, -0.25) is 9.59 Å². The van der Waals surface area contributed by atoms with E-state index in [2.05, 4.69) is 20.4 Å². The number of hydrogen-bond donors (Lipinski definition) is 0. The molecular formula is C20H30O3. The molecule has 0 aromatic heterocycles. The summed E-state index contributed by atoms with van der Waals surface area (Å²) in [4.78, 5) is 22.7. The van der Waals surface area contributed by atoms with E-state index in [-0.39, 0.29) is 17.5 Å². The molecule has 3 aliphatic rings. The van der Waals surface area contributed by atoms with Crippen molar-refractivity contribution in [2.75, 3.05) is 0 Å². The lowest BCUT2D eigenvalue weighted by Crippen LogP contribution is -2.33. The van der Waals surface area contributed by atoms with Gasteiger partial charge < -0.3 is 4.74 Å².